The van der Waals surface area contributed by atoms with Gasteiger partial charge in [-0.1, -0.05) is 0 Å². The van der Waals surface area contributed by atoms with Gasteiger partial charge < -0.3 is 19.5 Å². The Bertz CT molecular complexity index is 710. The minimum atomic E-state index is -0.429. The molecule has 0 saturated carbocycles. The van der Waals surface area contributed by atoms with E-state index < -0.39 is 5.54 Å². The number of nitrogens with one attached hydrogen (secondary N) is 1. The second kappa shape index (κ2) is 7.24. The van der Waals surface area contributed by atoms with Gasteiger partial charge in [-0.05, 0) is 39.3 Å². The maximum atomic E-state index is 13.0. The van der Waals surface area contributed by atoms with E-state index in [1.54, 1.807) is 13.4 Å². The molecule has 8 nitrogen and oxygen atoms in total. The molecule has 1 aromatic heterocycles. The molecule has 0 unspecified atom stereocenters. The number of carbonyl (C=O) groups is 2. The highest BCUT2D eigenvalue weighted by Gasteiger charge is 2.49. The fourth-order valence-corrected chi connectivity index (χ4v) is 5.08. The van der Waals surface area contributed by atoms with Crippen molar-refractivity contribution < 1.29 is 14.3 Å². The predicted molar refractivity (Wildman–Crippen MR) is 99.0 cm³/mol. The van der Waals surface area contributed by atoms with Crippen LogP contribution in [-0.4, -0.2) is 89.5 Å². The third-order valence-electron chi connectivity index (χ3n) is 6.54. The molecule has 1 aromatic rings. The Balaban J connectivity index is 1.55. The van der Waals surface area contributed by atoms with E-state index in [1.807, 2.05) is 16.8 Å². The zero-order chi connectivity index (χ0) is 19.0. The van der Waals surface area contributed by atoms with E-state index in [1.165, 1.54) is 0 Å². The maximum absolute atomic E-state index is 13.0. The van der Waals surface area contributed by atoms with Crippen molar-refractivity contribution in [2.45, 2.75) is 43.7 Å². The van der Waals surface area contributed by atoms with Gasteiger partial charge in [-0.2, -0.15) is 0 Å². The lowest BCUT2D eigenvalue weighted by Crippen LogP contribution is -2.60. The predicted octanol–water partition coefficient (Wildman–Crippen LogP) is 0.353. The molecule has 1 spiro atoms. The highest BCUT2D eigenvalue weighted by Crippen LogP contribution is 2.42. The molecule has 0 bridgehead atoms. The Labute approximate surface area is 159 Å². The number of imidazole rings is 1. The second-order valence-electron chi connectivity index (χ2n) is 7.95. The molecule has 1 N–H and O–H groups in total. The molecule has 1 atom stereocenters. The first-order valence-electron chi connectivity index (χ1n) is 9.88. The van der Waals surface area contributed by atoms with Crippen molar-refractivity contribution in [2.75, 3.05) is 46.9 Å². The van der Waals surface area contributed by atoms with E-state index in [2.05, 4.69) is 14.9 Å². The number of likely N-dealkylation sites (tertiary alicyclic amines) is 2. The number of piperidine rings is 1. The fraction of sp³-hybridized carbons (Fsp3) is 0.737. The summed E-state index contributed by atoms with van der Waals surface area (Å²) in [7, 11) is 3.58. The van der Waals surface area contributed by atoms with Gasteiger partial charge in [-0.3, -0.25) is 14.5 Å². The Morgan fingerprint density at radius 1 is 1.30 bits per heavy atom. The number of carbonyl (C=O) groups excluding carboxylic acids is 2. The van der Waals surface area contributed by atoms with Crippen LogP contribution in [0.4, 0.5) is 0 Å². The summed E-state index contributed by atoms with van der Waals surface area (Å²) in [4.78, 5) is 39.6. The molecule has 0 aromatic carbocycles. The average molecular weight is 375 g/mol. The Hall–Kier alpha value is -1.93. The van der Waals surface area contributed by atoms with Crippen molar-refractivity contribution >= 4 is 11.8 Å². The van der Waals surface area contributed by atoms with E-state index in [9.17, 15) is 9.59 Å². The molecule has 0 radical (unpaired) electrons. The van der Waals surface area contributed by atoms with E-state index in [0.717, 1.165) is 50.0 Å². The van der Waals surface area contributed by atoms with Gasteiger partial charge in [0.15, 0.2) is 0 Å². The number of rotatable bonds is 3. The molecule has 4 rings (SSSR count). The minimum Gasteiger partial charge on any atom is -0.375 e. The largest absolute Gasteiger partial charge is 0.375 e. The van der Waals surface area contributed by atoms with E-state index >= 15 is 0 Å². The monoisotopic (exact) mass is 375 g/mol. The standard InChI is InChI=1S/C19H29N5O3/c1-22-8-3-4-15(22)18(26)23-10-6-19(7-11-23)17-14(20-13-21-17)5-9-24(19)16(25)12-27-2/h13,15H,3-12H2,1-2H3,(H,20,21)/t15-/m0/s1. The fourth-order valence-electron chi connectivity index (χ4n) is 5.08. The molecule has 3 aliphatic heterocycles. The van der Waals surface area contributed by atoms with Gasteiger partial charge in [0.1, 0.15) is 6.61 Å². The Morgan fingerprint density at radius 2 is 2.07 bits per heavy atom. The minimum absolute atomic E-state index is 0.00135. The number of amides is 2. The highest BCUT2D eigenvalue weighted by atomic mass is 16.5. The molecule has 2 saturated heterocycles. The molecule has 27 heavy (non-hydrogen) atoms. The van der Waals surface area contributed by atoms with Gasteiger partial charge >= 0.3 is 0 Å². The summed E-state index contributed by atoms with van der Waals surface area (Å²) in [6, 6.07) is 0.0116. The first-order valence-corrected chi connectivity index (χ1v) is 9.88. The molecule has 2 amide bonds. The summed E-state index contributed by atoms with van der Waals surface area (Å²) in [6.45, 7) is 3.05. The lowest BCUT2D eigenvalue weighted by Gasteiger charge is -2.50. The number of methoxy groups -OCH3 is 1. The smallest absolute Gasteiger partial charge is 0.249 e. The van der Waals surface area contributed by atoms with Gasteiger partial charge in [-0.25, -0.2) is 4.98 Å². The summed E-state index contributed by atoms with van der Waals surface area (Å²) in [5, 5.41) is 0. The summed E-state index contributed by atoms with van der Waals surface area (Å²) in [5.74, 6) is 0.235. The molecule has 0 aliphatic carbocycles. The summed E-state index contributed by atoms with van der Waals surface area (Å²) in [5.41, 5.74) is 1.66. The molecule has 4 heterocycles. The molecule has 2 fully saturated rings. The zero-order valence-electron chi connectivity index (χ0n) is 16.2. The number of aromatic amines is 1. The number of fused-ring (bicyclic) bond motifs is 2. The van der Waals surface area contributed by atoms with Crippen molar-refractivity contribution in [1.82, 2.24) is 24.7 Å². The molecular formula is C19H29N5O3. The van der Waals surface area contributed by atoms with Crippen LogP contribution in [0, 0.1) is 0 Å². The van der Waals surface area contributed by atoms with Gasteiger partial charge in [0.25, 0.3) is 0 Å². The maximum Gasteiger partial charge on any atom is 0.249 e. The number of likely N-dealkylation sites (N-methyl/N-ethyl adjacent to an activating group) is 1. The average Bonchev–Trinajstić information content (AvgIpc) is 3.31. The van der Waals surface area contributed by atoms with Crippen LogP contribution in [0.1, 0.15) is 37.1 Å². The number of H-pyrrole nitrogens is 1. The topological polar surface area (TPSA) is 81.8 Å². The number of ether oxygens (including phenoxy) is 1. The highest BCUT2D eigenvalue weighted by molar-refractivity contribution is 5.82. The molecule has 3 aliphatic rings. The van der Waals surface area contributed by atoms with Crippen LogP contribution in [0.25, 0.3) is 0 Å². The van der Waals surface area contributed by atoms with Gasteiger partial charge in [0.05, 0.1) is 23.6 Å². The summed E-state index contributed by atoms with van der Waals surface area (Å²) < 4.78 is 5.11. The first kappa shape index (κ1) is 18.4. The summed E-state index contributed by atoms with van der Waals surface area (Å²) >= 11 is 0. The van der Waals surface area contributed by atoms with E-state index in [-0.39, 0.29) is 24.5 Å². The van der Waals surface area contributed by atoms with Crippen molar-refractivity contribution in [3.05, 3.63) is 17.7 Å². The van der Waals surface area contributed by atoms with Crippen LogP contribution in [0.3, 0.4) is 0 Å². The van der Waals surface area contributed by atoms with E-state index in [4.69, 9.17) is 4.74 Å². The van der Waals surface area contributed by atoms with Crippen molar-refractivity contribution in [3.8, 4) is 0 Å². The number of nitrogens with zero attached hydrogens (tertiary/aromatic N) is 4. The van der Waals surface area contributed by atoms with Crippen LogP contribution < -0.4 is 0 Å². The zero-order valence-corrected chi connectivity index (χ0v) is 16.2. The van der Waals surface area contributed by atoms with Crippen LogP contribution in [-0.2, 0) is 26.3 Å². The molecular weight excluding hydrogens is 346 g/mol. The first-order chi connectivity index (χ1) is 13.1. The van der Waals surface area contributed by atoms with Crippen molar-refractivity contribution in [2.24, 2.45) is 0 Å². The van der Waals surface area contributed by atoms with Crippen LogP contribution in [0.2, 0.25) is 0 Å². The van der Waals surface area contributed by atoms with E-state index in [0.29, 0.717) is 19.6 Å². The number of hydrogen-bond donors (Lipinski definition) is 1. The lowest BCUT2D eigenvalue weighted by molar-refractivity contribution is -0.148. The Kier molecular flexibility index (Phi) is 4.94. The normalized spacial score (nSPS) is 25.0. The van der Waals surface area contributed by atoms with Crippen LogP contribution in [0.15, 0.2) is 6.33 Å². The Morgan fingerprint density at radius 3 is 2.74 bits per heavy atom. The van der Waals surface area contributed by atoms with Crippen molar-refractivity contribution in [1.29, 1.82) is 0 Å². The SMILES string of the molecule is COCC(=O)N1CCc2[nH]cnc2C12CCN(C(=O)[C@@H]1CCCN1C)CC2. The van der Waals surface area contributed by atoms with Crippen molar-refractivity contribution in [3.63, 3.8) is 0 Å². The van der Waals surface area contributed by atoms with Crippen LogP contribution >= 0.6 is 0 Å². The molecule has 8 heteroatoms. The number of aromatic nitrogens is 2. The van der Waals surface area contributed by atoms with Crippen LogP contribution in [0.5, 0.6) is 0 Å². The molecule has 148 valence electrons. The number of hydrogen-bond acceptors (Lipinski definition) is 5. The third-order valence-corrected chi connectivity index (χ3v) is 6.54. The second-order valence-corrected chi connectivity index (χ2v) is 7.95. The van der Waals surface area contributed by atoms with Gasteiger partial charge in [0.2, 0.25) is 11.8 Å². The summed E-state index contributed by atoms with van der Waals surface area (Å²) in [6.07, 6.45) is 5.98. The quantitative estimate of drug-likeness (QED) is 0.825. The third kappa shape index (κ3) is 3.04. The van der Waals surface area contributed by atoms with Gasteiger partial charge in [-0.15, -0.1) is 0 Å². The van der Waals surface area contributed by atoms with Gasteiger partial charge in [0, 0.05) is 38.9 Å². The lowest BCUT2D eigenvalue weighted by atomic mass is 9.78.